The van der Waals surface area contributed by atoms with E-state index in [9.17, 15) is 9.59 Å². The molecule has 1 heterocycles. The number of carbonyl (C=O) groups excluding carboxylic acids is 2. The van der Waals surface area contributed by atoms with Crippen molar-refractivity contribution in [2.24, 2.45) is 5.92 Å². The Morgan fingerprint density at radius 2 is 1.52 bits per heavy atom. The average molecular weight is 471 g/mol. The quantitative estimate of drug-likeness (QED) is 0.628. The third-order valence-corrected chi connectivity index (χ3v) is 5.62. The molecule has 2 amide bonds. The van der Waals surface area contributed by atoms with Crippen LogP contribution in [-0.2, 0) is 4.79 Å². The van der Waals surface area contributed by atoms with Crippen molar-refractivity contribution < 1.29 is 19.1 Å². The summed E-state index contributed by atoms with van der Waals surface area (Å²) in [5, 5.41) is 5.97. The van der Waals surface area contributed by atoms with Gasteiger partial charge in [-0.2, -0.15) is 0 Å². The summed E-state index contributed by atoms with van der Waals surface area (Å²) < 4.78 is 10.6. The number of nitrogens with zero attached hydrogens (tertiary/aromatic N) is 2. The summed E-state index contributed by atoms with van der Waals surface area (Å²) in [5.41, 5.74) is 2.41. The van der Waals surface area contributed by atoms with E-state index in [0.717, 1.165) is 24.5 Å². The summed E-state index contributed by atoms with van der Waals surface area (Å²) in [5.74, 6) is 0.887. The lowest BCUT2D eigenvalue weighted by molar-refractivity contribution is -0.122. The Kier molecular flexibility index (Phi) is 8.11. The zero-order chi connectivity index (χ0) is 24.0. The van der Waals surface area contributed by atoms with Crippen LogP contribution in [0.4, 0.5) is 11.4 Å². The van der Waals surface area contributed by atoms with E-state index in [0.29, 0.717) is 30.2 Å². The molecule has 9 heteroatoms. The number of nitrogens with one attached hydrogen (secondary N) is 2. The molecule has 1 aliphatic heterocycles. The number of piperazine rings is 1. The Hall–Kier alpha value is -3.33. The fraction of sp³-hybridized carbons (Fsp3) is 0.375. The predicted octanol–water partition coefficient (Wildman–Crippen LogP) is 3.14. The Morgan fingerprint density at radius 3 is 2.03 bits per heavy atom. The van der Waals surface area contributed by atoms with Crippen LogP contribution in [0.15, 0.2) is 42.5 Å². The van der Waals surface area contributed by atoms with Crippen LogP contribution in [0.2, 0.25) is 0 Å². The molecule has 3 rings (SSSR count). The molecule has 0 saturated carbocycles. The Balaban J connectivity index is 1.56. The maximum Gasteiger partial charge on any atom is 0.254 e. The van der Waals surface area contributed by atoms with Gasteiger partial charge in [0.05, 0.1) is 14.2 Å². The van der Waals surface area contributed by atoms with Crippen molar-refractivity contribution in [2.45, 2.75) is 13.8 Å². The Labute approximate surface area is 199 Å². The lowest BCUT2D eigenvalue weighted by Crippen LogP contribution is -2.48. The first-order valence-electron chi connectivity index (χ1n) is 10.8. The van der Waals surface area contributed by atoms with Crippen molar-refractivity contribution in [3.8, 4) is 11.5 Å². The molecule has 0 aromatic heterocycles. The maximum absolute atomic E-state index is 13.0. The smallest absolute Gasteiger partial charge is 0.254 e. The number of amides is 2. The molecule has 0 spiro atoms. The number of rotatable bonds is 6. The van der Waals surface area contributed by atoms with Crippen molar-refractivity contribution in [3.05, 3.63) is 48.0 Å². The van der Waals surface area contributed by atoms with Crippen LogP contribution in [0.25, 0.3) is 0 Å². The van der Waals surface area contributed by atoms with Crippen LogP contribution in [0.3, 0.4) is 0 Å². The Bertz CT molecular complexity index is 980. The van der Waals surface area contributed by atoms with E-state index in [-0.39, 0.29) is 22.8 Å². The third kappa shape index (κ3) is 6.35. The fourth-order valence-corrected chi connectivity index (χ4v) is 3.67. The van der Waals surface area contributed by atoms with E-state index < -0.39 is 0 Å². The summed E-state index contributed by atoms with van der Waals surface area (Å²) in [6.45, 7) is 6.31. The van der Waals surface area contributed by atoms with Gasteiger partial charge in [-0.3, -0.25) is 9.59 Å². The minimum atomic E-state index is -0.136. The molecule has 0 radical (unpaired) electrons. The van der Waals surface area contributed by atoms with Crippen molar-refractivity contribution >= 4 is 40.5 Å². The van der Waals surface area contributed by atoms with E-state index in [1.54, 1.807) is 32.4 Å². The summed E-state index contributed by atoms with van der Waals surface area (Å²) in [6, 6.07) is 13.1. The highest BCUT2D eigenvalue weighted by atomic mass is 32.1. The molecular formula is C24H30N4O4S. The predicted molar refractivity (Wildman–Crippen MR) is 133 cm³/mol. The van der Waals surface area contributed by atoms with Crippen LogP contribution >= 0.6 is 12.2 Å². The van der Waals surface area contributed by atoms with Gasteiger partial charge >= 0.3 is 0 Å². The van der Waals surface area contributed by atoms with Gasteiger partial charge in [0.25, 0.3) is 5.91 Å². The van der Waals surface area contributed by atoms with Gasteiger partial charge in [-0.05, 0) is 48.6 Å². The molecule has 0 aliphatic carbocycles. The normalized spacial score (nSPS) is 13.5. The highest BCUT2D eigenvalue weighted by Gasteiger charge is 2.23. The Morgan fingerprint density at radius 1 is 0.939 bits per heavy atom. The van der Waals surface area contributed by atoms with Gasteiger partial charge in [0, 0.05) is 55.1 Å². The van der Waals surface area contributed by atoms with Gasteiger partial charge in [0.15, 0.2) is 5.11 Å². The molecule has 176 valence electrons. The molecule has 2 aromatic rings. The molecule has 1 fully saturated rings. The molecule has 1 saturated heterocycles. The first-order chi connectivity index (χ1) is 15.8. The molecule has 0 atom stereocenters. The fourth-order valence-electron chi connectivity index (χ4n) is 3.46. The van der Waals surface area contributed by atoms with Gasteiger partial charge < -0.3 is 29.9 Å². The monoisotopic (exact) mass is 470 g/mol. The number of thiocarbonyl (C=S) groups is 1. The van der Waals surface area contributed by atoms with E-state index in [1.165, 1.54) is 0 Å². The lowest BCUT2D eigenvalue weighted by atomic mass is 10.1. The number of benzene rings is 2. The number of ether oxygens (including phenoxy) is 2. The molecule has 0 bridgehead atoms. The van der Waals surface area contributed by atoms with Crippen LogP contribution in [-0.4, -0.2) is 62.2 Å². The van der Waals surface area contributed by atoms with Crippen molar-refractivity contribution in [2.75, 3.05) is 50.6 Å². The summed E-state index contributed by atoms with van der Waals surface area (Å²) in [6.07, 6.45) is 0. The van der Waals surface area contributed by atoms with Gasteiger partial charge in [0.2, 0.25) is 5.91 Å². The van der Waals surface area contributed by atoms with Crippen LogP contribution in [0, 0.1) is 5.92 Å². The van der Waals surface area contributed by atoms with Gasteiger partial charge in [0.1, 0.15) is 11.5 Å². The first-order valence-corrected chi connectivity index (χ1v) is 11.2. The van der Waals surface area contributed by atoms with Gasteiger partial charge in [-0.15, -0.1) is 0 Å². The zero-order valence-corrected chi connectivity index (χ0v) is 20.2. The zero-order valence-electron chi connectivity index (χ0n) is 19.4. The molecule has 33 heavy (non-hydrogen) atoms. The maximum atomic E-state index is 13.0. The minimum Gasteiger partial charge on any atom is -0.497 e. The molecule has 8 nitrogen and oxygen atoms in total. The summed E-state index contributed by atoms with van der Waals surface area (Å²) in [4.78, 5) is 28.8. The number of anilines is 2. The largest absolute Gasteiger partial charge is 0.497 e. The second-order valence-corrected chi connectivity index (χ2v) is 8.43. The van der Waals surface area contributed by atoms with E-state index in [4.69, 9.17) is 21.7 Å². The highest BCUT2D eigenvalue weighted by Crippen LogP contribution is 2.25. The standard InChI is InChI=1S/C24H30N4O4S/c1-16(2)22(29)26-24(33)25-18-5-7-19(8-6-18)27-9-11-28(12-10-27)23(30)17-13-20(31-3)15-21(14-17)32-4/h5-8,13-16H,9-12H2,1-4H3,(H2,25,26,29,33). The van der Waals surface area contributed by atoms with Gasteiger partial charge in [-0.25, -0.2) is 0 Å². The number of hydrogen-bond donors (Lipinski definition) is 2. The van der Waals surface area contributed by atoms with Crippen molar-refractivity contribution in [1.82, 2.24) is 10.2 Å². The van der Waals surface area contributed by atoms with Crippen molar-refractivity contribution in [1.29, 1.82) is 0 Å². The first kappa shape index (κ1) is 24.3. The minimum absolute atomic E-state index is 0.0386. The van der Waals surface area contributed by atoms with Crippen LogP contribution in [0.1, 0.15) is 24.2 Å². The number of hydrogen-bond acceptors (Lipinski definition) is 6. The number of carbonyl (C=O) groups is 2. The van der Waals surface area contributed by atoms with Crippen LogP contribution < -0.4 is 25.0 Å². The third-order valence-electron chi connectivity index (χ3n) is 5.42. The molecule has 0 unspecified atom stereocenters. The second kappa shape index (κ2) is 11.0. The number of methoxy groups -OCH3 is 2. The summed E-state index contributed by atoms with van der Waals surface area (Å²) >= 11 is 5.19. The molecule has 2 aromatic carbocycles. The van der Waals surface area contributed by atoms with E-state index in [2.05, 4.69) is 15.5 Å². The topological polar surface area (TPSA) is 83.1 Å². The average Bonchev–Trinajstić information content (AvgIpc) is 2.83. The molecular weight excluding hydrogens is 440 g/mol. The van der Waals surface area contributed by atoms with Crippen LogP contribution in [0.5, 0.6) is 11.5 Å². The SMILES string of the molecule is COc1cc(OC)cc(C(=O)N2CCN(c3ccc(NC(=S)NC(=O)C(C)C)cc3)CC2)c1. The highest BCUT2D eigenvalue weighted by molar-refractivity contribution is 7.80. The van der Waals surface area contributed by atoms with E-state index in [1.807, 2.05) is 43.0 Å². The van der Waals surface area contributed by atoms with Crippen molar-refractivity contribution in [3.63, 3.8) is 0 Å². The molecule has 1 aliphatic rings. The molecule has 2 N–H and O–H groups in total. The van der Waals surface area contributed by atoms with E-state index >= 15 is 0 Å². The van der Waals surface area contributed by atoms with Gasteiger partial charge in [-0.1, -0.05) is 13.8 Å². The summed E-state index contributed by atoms with van der Waals surface area (Å²) in [7, 11) is 3.13. The lowest BCUT2D eigenvalue weighted by Gasteiger charge is -2.36. The second-order valence-electron chi connectivity index (χ2n) is 8.03.